The molecule has 0 saturated carbocycles. The number of ketones is 1. The Hall–Kier alpha value is -5.18. The first kappa shape index (κ1) is 38.5. The number of rotatable bonds is 15. The number of oxime groups is 1. The van der Waals surface area contributed by atoms with E-state index in [1.54, 1.807) is 18.2 Å². The van der Waals surface area contributed by atoms with Gasteiger partial charge in [-0.1, -0.05) is 98.4 Å². The zero-order valence-electron chi connectivity index (χ0n) is 31.6. The average Bonchev–Trinajstić information content (AvgIpc) is 3.46. The van der Waals surface area contributed by atoms with Gasteiger partial charge in [-0.05, 0) is 80.0 Å². The number of benzene rings is 5. The second kappa shape index (κ2) is 16.0. The van der Waals surface area contributed by atoms with Gasteiger partial charge in [0.05, 0.1) is 5.52 Å². The van der Waals surface area contributed by atoms with Crippen molar-refractivity contribution in [2.45, 2.75) is 79.2 Å². The Bertz CT molecular complexity index is 2340. The highest BCUT2D eigenvalue weighted by atomic mass is 19.3. The molecular formula is C45H46F4N2O3. The van der Waals surface area contributed by atoms with Crippen LogP contribution in [0.5, 0.6) is 5.75 Å². The number of hydrogen-bond donors (Lipinski definition) is 0. The molecule has 0 N–H and O–H groups in total. The number of hydrogen-bond acceptors (Lipinski definition) is 4. The van der Waals surface area contributed by atoms with Crippen LogP contribution in [0.4, 0.5) is 17.6 Å². The maximum absolute atomic E-state index is 14.6. The van der Waals surface area contributed by atoms with Gasteiger partial charge in [-0.25, -0.2) is 8.78 Å². The third-order valence-corrected chi connectivity index (χ3v) is 10.3. The molecule has 0 aliphatic carbocycles. The summed E-state index contributed by atoms with van der Waals surface area (Å²) in [6.07, 6.45) is 0.435. The fourth-order valence-corrected chi connectivity index (χ4v) is 7.71. The van der Waals surface area contributed by atoms with Gasteiger partial charge in [0.2, 0.25) is 0 Å². The van der Waals surface area contributed by atoms with E-state index in [1.165, 1.54) is 13.2 Å². The summed E-state index contributed by atoms with van der Waals surface area (Å²) in [5.41, 5.74) is 7.35. The van der Waals surface area contributed by atoms with Crippen molar-refractivity contribution in [1.82, 2.24) is 4.57 Å². The van der Waals surface area contributed by atoms with Gasteiger partial charge in [-0.15, -0.1) is 0 Å². The molecule has 0 fully saturated rings. The van der Waals surface area contributed by atoms with Crippen LogP contribution in [0, 0.1) is 26.7 Å². The Morgan fingerprint density at radius 3 is 2.19 bits per heavy atom. The van der Waals surface area contributed by atoms with E-state index in [0.29, 0.717) is 28.2 Å². The lowest BCUT2D eigenvalue weighted by molar-refractivity contribution is -0.148. The predicted molar refractivity (Wildman–Crippen MR) is 210 cm³/mol. The zero-order valence-corrected chi connectivity index (χ0v) is 31.6. The Kier molecular flexibility index (Phi) is 11.5. The number of unbranched alkanes of at least 4 members (excludes halogenated alkanes) is 1. The maximum atomic E-state index is 14.6. The topological polar surface area (TPSA) is 52.8 Å². The summed E-state index contributed by atoms with van der Waals surface area (Å²) in [6.45, 7) is 9.66. The van der Waals surface area contributed by atoms with Crippen molar-refractivity contribution in [1.29, 1.82) is 0 Å². The number of nitrogens with zero attached hydrogens (tertiary/aromatic N) is 2. The Labute approximate surface area is 313 Å². The molecular weight excluding hydrogens is 692 g/mol. The monoisotopic (exact) mass is 738 g/mol. The molecule has 0 saturated heterocycles. The van der Waals surface area contributed by atoms with E-state index in [9.17, 15) is 22.4 Å². The number of fused-ring (bicyclic) bond motifs is 5. The smallest absolute Gasteiger partial charge is 0.340 e. The lowest BCUT2D eigenvalue weighted by atomic mass is 9.89. The van der Waals surface area contributed by atoms with Gasteiger partial charge in [-0.2, -0.15) is 8.78 Å². The summed E-state index contributed by atoms with van der Waals surface area (Å²) in [7, 11) is 1.37. The van der Waals surface area contributed by atoms with Crippen LogP contribution in [-0.2, 0) is 11.4 Å². The van der Waals surface area contributed by atoms with Crippen LogP contribution in [0.3, 0.4) is 0 Å². The van der Waals surface area contributed by atoms with Gasteiger partial charge in [0.1, 0.15) is 18.6 Å². The molecule has 1 aromatic heterocycles. The number of carbonyl (C=O) groups is 1. The maximum Gasteiger partial charge on any atom is 0.340 e. The Morgan fingerprint density at radius 2 is 1.52 bits per heavy atom. The van der Waals surface area contributed by atoms with Gasteiger partial charge >= 0.3 is 12.3 Å². The number of ether oxygens (including phenoxy) is 1. The van der Waals surface area contributed by atoms with Crippen LogP contribution in [0.15, 0.2) is 90.1 Å². The normalized spacial score (nSPS) is 13.0. The minimum absolute atomic E-state index is 0.0411. The Balaban J connectivity index is 1.61. The molecule has 9 heteroatoms. The van der Waals surface area contributed by atoms with Gasteiger partial charge in [0, 0.05) is 50.5 Å². The van der Waals surface area contributed by atoms with E-state index in [0.717, 1.165) is 81.5 Å². The molecule has 6 aromatic rings. The van der Waals surface area contributed by atoms with Crippen LogP contribution in [0.2, 0.25) is 0 Å². The zero-order chi connectivity index (χ0) is 38.7. The molecule has 6 rings (SSSR count). The fourth-order valence-electron chi connectivity index (χ4n) is 7.71. The Morgan fingerprint density at radius 1 is 0.833 bits per heavy atom. The van der Waals surface area contributed by atoms with Crippen molar-refractivity contribution < 1.29 is 31.9 Å². The number of para-hydroxylation sites is 1. The van der Waals surface area contributed by atoms with Crippen molar-refractivity contribution in [2.75, 3.05) is 13.7 Å². The highest BCUT2D eigenvalue weighted by molar-refractivity contribution is 6.27. The lowest BCUT2D eigenvalue weighted by Crippen LogP contribution is -2.34. The summed E-state index contributed by atoms with van der Waals surface area (Å²) < 4.78 is 61.7. The number of carbonyl (C=O) groups excluding carboxylic acids is 1. The first-order valence-electron chi connectivity index (χ1n) is 18.5. The SMILES string of the molecule is CCCCC(CC)Cn1c2ccc(/C(=N\OC)c3ccccc3OCC(F)(F)C(F)F)cc2c2cc(C(=O)c3c(C)cc(C)cc3C)c3ccccc3c21. The first-order valence-corrected chi connectivity index (χ1v) is 18.5. The van der Waals surface area contributed by atoms with Crippen LogP contribution >= 0.6 is 0 Å². The molecule has 0 bridgehead atoms. The standard InChI is InChI=1S/C45H46F4N2O3/c1-7-9-14-30(8-2)25-51-38-20-19-31(41(50-53-6)34-17-12-13-18-39(34)54-26-45(48,49)44(46)47)23-35(38)36-24-37(32-15-10-11-16-33(32)42(36)51)43(52)40-28(4)21-27(3)22-29(40)5/h10-13,15-24,30,44H,7-9,14,25-26H2,1-6H3/b50-41+. The average molecular weight is 739 g/mol. The summed E-state index contributed by atoms with van der Waals surface area (Å²) >= 11 is 0. The van der Waals surface area contributed by atoms with Crippen molar-refractivity contribution in [3.8, 4) is 5.75 Å². The van der Waals surface area contributed by atoms with Crippen molar-refractivity contribution in [2.24, 2.45) is 11.1 Å². The summed E-state index contributed by atoms with van der Waals surface area (Å²) in [5, 5.41) is 7.89. The second-order valence-electron chi connectivity index (χ2n) is 14.2. The molecule has 0 amide bonds. The lowest BCUT2D eigenvalue weighted by Gasteiger charge is -2.19. The molecule has 282 valence electrons. The molecule has 5 nitrogen and oxygen atoms in total. The molecule has 5 aromatic carbocycles. The molecule has 1 heterocycles. The van der Waals surface area contributed by atoms with Crippen LogP contribution in [-0.4, -0.2) is 42.1 Å². The minimum atomic E-state index is -4.34. The molecule has 54 heavy (non-hydrogen) atoms. The molecule has 0 spiro atoms. The van der Waals surface area contributed by atoms with Gasteiger partial charge in [0.15, 0.2) is 12.4 Å². The molecule has 0 aliphatic rings. The highest BCUT2D eigenvalue weighted by Crippen LogP contribution is 2.40. The van der Waals surface area contributed by atoms with Gasteiger partial charge < -0.3 is 14.1 Å². The van der Waals surface area contributed by atoms with Crippen molar-refractivity contribution in [3.05, 3.63) is 124 Å². The van der Waals surface area contributed by atoms with Crippen molar-refractivity contribution >= 4 is 44.1 Å². The van der Waals surface area contributed by atoms with Gasteiger partial charge in [-0.3, -0.25) is 4.79 Å². The summed E-state index contributed by atoms with van der Waals surface area (Å²) in [6, 6.07) is 26.3. The molecule has 1 atom stereocenters. The third-order valence-electron chi connectivity index (χ3n) is 10.3. The highest BCUT2D eigenvalue weighted by Gasteiger charge is 2.42. The fraction of sp³-hybridized carbons (Fsp3) is 0.333. The minimum Gasteiger partial charge on any atom is -0.486 e. The number of aryl methyl sites for hydroxylation is 3. The largest absolute Gasteiger partial charge is 0.486 e. The summed E-state index contributed by atoms with van der Waals surface area (Å²) in [4.78, 5) is 19.9. The van der Waals surface area contributed by atoms with Crippen molar-refractivity contribution in [3.63, 3.8) is 0 Å². The number of halogens is 4. The van der Waals surface area contributed by atoms with Gasteiger partial charge in [0.25, 0.3) is 0 Å². The predicted octanol–water partition coefficient (Wildman–Crippen LogP) is 12.0. The molecule has 0 radical (unpaired) electrons. The van der Waals surface area contributed by atoms with Crippen LogP contribution in [0.25, 0.3) is 32.6 Å². The summed E-state index contributed by atoms with van der Waals surface area (Å²) in [5.74, 6) is -4.02. The van der Waals surface area contributed by atoms with E-state index in [4.69, 9.17) is 9.57 Å². The number of alkyl halides is 4. The molecule has 0 aliphatic heterocycles. The first-order chi connectivity index (χ1) is 25.9. The van der Waals surface area contributed by atoms with Crippen LogP contribution in [0.1, 0.15) is 83.3 Å². The van der Waals surface area contributed by atoms with Crippen LogP contribution < -0.4 is 4.74 Å². The molecule has 1 unspecified atom stereocenters. The second-order valence-corrected chi connectivity index (χ2v) is 14.2. The van der Waals surface area contributed by atoms with E-state index < -0.39 is 19.0 Å². The van der Waals surface area contributed by atoms with E-state index in [1.807, 2.05) is 75.4 Å². The number of aromatic nitrogens is 1. The quantitative estimate of drug-likeness (QED) is 0.0456. The third kappa shape index (κ3) is 7.46. The van der Waals surface area contributed by atoms with E-state index in [-0.39, 0.29) is 17.2 Å². The van der Waals surface area contributed by atoms with E-state index in [2.05, 4.69) is 29.6 Å². The van der Waals surface area contributed by atoms with E-state index >= 15 is 0 Å².